The molecule has 3 saturated heterocycles. The zero-order chi connectivity index (χ0) is 32.7. The number of para-hydroxylation sites is 1. The van der Waals surface area contributed by atoms with Crippen LogP contribution in [0, 0.1) is 18.8 Å². The molecule has 6 atom stereocenters. The number of hydrogen-bond acceptors (Lipinski definition) is 6. The Morgan fingerprint density at radius 2 is 1.80 bits per heavy atom. The fourth-order valence-corrected chi connectivity index (χ4v) is 10.3. The van der Waals surface area contributed by atoms with Gasteiger partial charge in [-0.2, -0.15) is 0 Å². The summed E-state index contributed by atoms with van der Waals surface area (Å²) in [6.07, 6.45) is 4.58. The Balaban J connectivity index is 1.60. The topological polar surface area (TPSA) is 90.4 Å². The molecule has 0 saturated carbocycles. The molecular weight excluding hydrogens is 610 g/mol. The van der Waals surface area contributed by atoms with Crippen molar-refractivity contribution in [3.05, 3.63) is 78.4 Å². The Bertz CT molecular complexity index is 1480. The number of aliphatic hydroxyl groups excluding tert-OH is 1. The van der Waals surface area contributed by atoms with Crippen LogP contribution in [0.5, 0.6) is 5.75 Å². The van der Waals surface area contributed by atoms with Gasteiger partial charge in [0.25, 0.3) is 5.91 Å². The normalized spacial score (nSPS) is 27.2. The number of aliphatic hydroxyl groups is 1. The van der Waals surface area contributed by atoms with E-state index in [0.717, 1.165) is 5.56 Å². The summed E-state index contributed by atoms with van der Waals surface area (Å²) in [5, 5.41) is 10.7. The Kier molecular flexibility index (Phi) is 9.45. The van der Waals surface area contributed by atoms with E-state index in [1.54, 1.807) is 51.6 Å². The summed E-state index contributed by atoms with van der Waals surface area (Å²) in [6, 6.07) is 11.2. The molecule has 3 aliphatic heterocycles. The van der Waals surface area contributed by atoms with E-state index in [-0.39, 0.29) is 37.4 Å². The molecule has 10 heteroatoms. The maximum atomic E-state index is 14.9. The lowest BCUT2D eigenvalue weighted by Crippen LogP contribution is -2.57. The minimum absolute atomic E-state index is 0.177. The quantitative estimate of drug-likeness (QED) is 0.299. The second kappa shape index (κ2) is 12.9. The highest BCUT2D eigenvalue weighted by Crippen LogP contribution is 2.72. The van der Waals surface area contributed by atoms with Crippen molar-refractivity contribution in [1.82, 2.24) is 4.90 Å². The highest BCUT2D eigenvalue weighted by molar-refractivity contribution is 8.02. The molecule has 3 heterocycles. The van der Waals surface area contributed by atoms with E-state index in [1.807, 2.05) is 57.2 Å². The van der Waals surface area contributed by atoms with Crippen LogP contribution in [0.15, 0.2) is 67.8 Å². The monoisotopic (exact) mass is 651 g/mol. The molecule has 8 nitrogen and oxygen atoms in total. The van der Waals surface area contributed by atoms with E-state index in [1.165, 1.54) is 0 Å². The zero-order valence-corrected chi connectivity index (χ0v) is 27.9. The van der Waals surface area contributed by atoms with Gasteiger partial charge in [-0.3, -0.25) is 14.4 Å². The van der Waals surface area contributed by atoms with E-state index in [0.29, 0.717) is 41.6 Å². The summed E-state index contributed by atoms with van der Waals surface area (Å²) in [7, 11) is 0. The summed E-state index contributed by atoms with van der Waals surface area (Å²) in [4.78, 5) is 49.0. The van der Waals surface area contributed by atoms with Gasteiger partial charge in [0.15, 0.2) is 0 Å². The number of thioether (sulfide) groups is 1. The van der Waals surface area contributed by atoms with E-state index in [4.69, 9.17) is 16.3 Å². The predicted octanol–water partition coefficient (Wildman–Crippen LogP) is 5.65. The third-order valence-electron chi connectivity index (χ3n) is 9.53. The molecule has 1 N–H and O–H groups in total. The van der Waals surface area contributed by atoms with Gasteiger partial charge in [-0.25, -0.2) is 0 Å². The van der Waals surface area contributed by atoms with Gasteiger partial charge in [0, 0.05) is 23.5 Å². The number of amides is 3. The maximum absolute atomic E-state index is 14.9. The smallest absolute Gasteiger partial charge is 0.251 e. The molecule has 5 rings (SSSR count). The van der Waals surface area contributed by atoms with Gasteiger partial charge >= 0.3 is 0 Å². The molecule has 0 aliphatic carbocycles. The van der Waals surface area contributed by atoms with E-state index in [2.05, 4.69) is 13.2 Å². The summed E-state index contributed by atoms with van der Waals surface area (Å²) in [5.41, 5.74) is 2.06. The minimum Gasteiger partial charge on any atom is -0.494 e. The van der Waals surface area contributed by atoms with Crippen molar-refractivity contribution in [3.8, 4) is 5.75 Å². The lowest BCUT2D eigenvalue weighted by atomic mass is 9.66. The fourth-order valence-electron chi connectivity index (χ4n) is 7.62. The van der Waals surface area contributed by atoms with Crippen LogP contribution < -0.4 is 14.5 Å². The molecule has 3 aliphatic rings. The van der Waals surface area contributed by atoms with Crippen LogP contribution >= 0.6 is 23.4 Å². The molecule has 240 valence electrons. The minimum atomic E-state index is -0.907. The van der Waals surface area contributed by atoms with Gasteiger partial charge in [-0.15, -0.1) is 24.9 Å². The molecule has 45 heavy (non-hydrogen) atoms. The first kappa shape index (κ1) is 33.1. The third kappa shape index (κ3) is 5.36. The van der Waals surface area contributed by atoms with Gasteiger partial charge in [0.05, 0.1) is 46.5 Å². The number of aryl methyl sites for hydroxylation is 1. The van der Waals surface area contributed by atoms with E-state index >= 15 is 0 Å². The number of anilines is 2. The average molecular weight is 652 g/mol. The summed E-state index contributed by atoms with van der Waals surface area (Å²) >= 11 is 8.27. The van der Waals surface area contributed by atoms with Crippen molar-refractivity contribution >= 4 is 52.5 Å². The lowest BCUT2D eigenvalue weighted by Gasteiger charge is -2.39. The highest BCUT2D eigenvalue weighted by atomic mass is 35.5. The van der Waals surface area contributed by atoms with Crippen molar-refractivity contribution in [1.29, 1.82) is 0 Å². The fraction of sp³-hybridized carbons (Fsp3) is 0.457. The van der Waals surface area contributed by atoms with Crippen LogP contribution in [-0.2, 0) is 14.4 Å². The van der Waals surface area contributed by atoms with Crippen molar-refractivity contribution < 1.29 is 24.2 Å². The van der Waals surface area contributed by atoms with Crippen LogP contribution in [0.4, 0.5) is 11.4 Å². The van der Waals surface area contributed by atoms with E-state index in [9.17, 15) is 19.5 Å². The number of rotatable bonds is 12. The van der Waals surface area contributed by atoms with Crippen LogP contribution in [0.1, 0.15) is 39.2 Å². The van der Waals surface area contributed by atoms with Gasteiger partial charge in [0.2, 0.25) is 11.8 Å². The van der Waals surface area contributed by atoms with Crippen molar-refractivity contribution in [2.24, 2.45) is 11.8 Å². The number of ether oxygens (including phenoxy) is 1. The van der Waals surface area contributed by atoms with Crippen LogP contribution in [0.2, 0.25) is 5.02 Å². The molecule has 2 bridgehead atoms. The summed E-state index contributed by atoms with van der Waals surface area (Å²) < 4.78 is 4.17. The summed E-state index contributed by atoms with van der Waals surface area (Å²) in [5.74, 6) is -1.47. The molecule has 0 radical (unpaired) electrons. The first-order valence-electron chi connectivity index (χ1n) is 15.4. The number of nitrogens with zero attached hydrogens (tertiary/aromatic N) is 3. The lowest BCUT2D eigenvalue weighted by molar-refractivity contribution is -0.142. The summed E-state index contributed by atoms with van der Waals surface area (Å²) in [6.45, 7) is 16.0. The second-order valence-electron chi connectivity index (χ2n) is 12.3. The van der Waals surface area contributed by atoms with Crippen LogP contribution in [0.25, 0.3) is 0 Å². The first-order chi connectivity index (χ1) is 21.5. The molecule has 2 aromatic carbocycles. The Hall–Kier alpha value is -3.27. The predicted molar refractivity (Wildman–Crippen MR) is 181 cm³/mol. The Morgan fingerprint density at radius 3 is 2.40 bits per heavy atom. The van der Waals surface area contributed by atoms with Crippen LogP contribution in [-0.4, -0.2) is 75.6 Å². The number of carbonyl (C=O) groups is 3. The van der Waals surface area contributed by atoms with E-state index < -0.39 is 33.4 Å². The van der Waals surface area contributed by atoms with Gasteiger partial charge in [-0.1, -0.05) is 35.9 Å². The molecule has 1 spiro atoms. The standard InChI is InChI=1S/C35H42ClN3O5S/c1-7-19-37(24-13-15-25(16-14-24)44-9-3)31(41)27-28-32(42)39(23(5)21-40)30(35(28)18-17-34(27,6)45-35)33(43)38(20-8-2)29-22(4)11-10-12-26(29)36/h7-8,10-16,23,27-28,30,40H,1-2,9,17-21H2,3-6H3/t23-,27+,28+,30?,34-,35?/m1/s1. The van der Waals surface area contributed by atoms with Gasteiger partial charge < -0.3 is 24.5 Å². The van der Waals surface area contributed by atoms with Gasteiger partial charge in [0.1, 0.15) is 11.8 Å². The average Bonchev–Trinajstić information content (AvgIpc) is 3.59. The second-order valence-corrected chi connectivity index (χ2v) is 14.6. The number of carbonyl (C=O) groups excluding carboxylic acids is 3. The third-order valence-corrected chi connectivity index (χ3v) is 11.8. The van der Waals surface area contributed by atoms with Crippen molar-refractivity contribution in [2.45, 2.75) is 62.1 Å². The molecule has 3 amide bonds. The maximum Gasteiger partial charge on any atom is 0.251 e. The largest absolute Gasteiger partial charge is 0.494 e. The number of benzene rings is 2. The van der Waals surface area contributed by atoms with Gasteiger partial charge in [-0.05, 0) is 76.4 Å². The number of fused-ring (bicyclic) bond motifs is 1. The number of halogens is 1. The number of hydrogen-bond donors (Lipinski definition) is 1. The van der Waals surface area contributed by atoms with Crippen LogP contribution in [0.3, 0.4) is 0 Å². The Labute approximate surface area is 275 Å². The molecule has 2 aromatic rings. The SMILES string of the molecule is C=CCN(C(=O)[C@@H]1[C@H]2C(=O)N([C@H](C)CO)C(C(=O)N(CC=C)c3c(C)cccc3Cl)C23CC[C@@]1(C)S3)c1ccc(OCC)cc1. The number of likely N-dealkylation sites (tertiary alicyclic amines) is 1. The van der Waals surface area contributed by atoms with Crippen molar-refractivity contribution in [3.63, 3.8) is 0 Å². The zero-order valence-electron chi connectivity index (χ0n) is 26.4. The van der Waals surface area contributed by atoms with Crippen molar-refractivity contribution in [2.75, 3.05) is 36.1 Å². The molecule has 2 unspecified atom stereocenters. The first-order valence-corrected chi connectivity index (χ1v) is 16.6. The Morgan fingerprint density at radius 1 is 1.13 bits per heavy atom. The molecule has 0 aromatic heterocycles. The molecular formula is C35H42ClN3O5S. The highest BCUT2D eigenvalue weighted by Gasteiger charge is 2.78. The molecule has 3 fully saturated rings.